The van der Waals surface area contributed by atoms with Crippen molar-refractivity contribution < 1.29 is 4.74 Å². The van der Waals surface area contributed by atoms with Crippen LogP contribution in [0.1, 0.15) is 5.56 Å². The zero-order valence-corrected chi connectivity index (χ0v) is 8.55. The number of nitrogens with two attached hydrogens (primary N) is 1. The summed E-state index contributed by atoms with van der Waals surface area (Å²) in [4.78, 5) is 4.02. The number of hydrogen-bond donors (Lipinski definition) is 1. The summed E-state index contributed by atoms with van der Waals surface area (Å²) in [6.07, 6.45) is 5.33. The molecule has 0 fully saturated rings. The van der Waals surface area contributed by atoms with Crippen LogP contribution in [0.3, 0.4) is 0 Å². The van der Waals surface area contributed by atoms with Crippen LogP contribution >= 0.6 is 0 Å². The predicted octanol–water partition coefficient (Wildman–Crippen LogP) is 1.34. The molecule has 0 radical (unpaired) electrons. The fourth-order valence-corrected chi connectivity index (χ4v) is 1.58. The molecule has 0 amide bonds. The van der Waals surface area contributed by atoms with Crippen molar-refractivity contribution in [3.8, 4) is 11.4 Å². The Balaban J connectivity index is 2.61. The second kappa shape index (κ2) is 4.14. The average Bonchev–Trinajstić information content (AvgIpc) is 2.81. The van der Waals surface area contributed by atoms with Gasteiger partial charge in [-0.2, -0.15) is 0 Å². The third-order valence-electron chi connectivity index (χ3n) is 2.28. The Bertz CT molecular complexity index is 415. The van der Waals surface area contributed by atoms with Gasteiger partial charge in [-0.25, -0.2) is 4.98 Å². The highest BCUT2D eigenvalue weighted by atomic mass is 16.5. The molecule has 0 aliphatic heterocycles. The van der Waals surface area contributed by atoms with Gasteiger partial charge in [0, 0.05) is 18.9 Å². The smallest absolute Gasteiger partial charge is 0.143 e. The summed E-state index contributed by atoms with van der Waals surface area (Å²) in [7, 11) is 1.65. The highest BCUT2D eigenvalue weighted by Gasteiger charge is 2.08. The van der Waals surface area contributed by atoms with Crippen LogP contribution in [0.25, 0.3) is 5.69 Å². The first-order valence-corrected chi connectivity index (χ1v) is 4.71. The molecule has 78 valence electrons. The van der Waals surface area contributed by atoms with E-state index in [1.54, 1.807) is 19.6 Å². The minimum atomic E-state index is 0.477. The van der Waals surface area contributed by atoms with E-state index < -0.39 is 0 Å². The Labute approximate surface area is 88.3 Å². The quantitative estimate of drug-likeness (QED) is 0.819. The predicted molar refractivity (Wildman–Crippen MR) is 58.0 cm³/mol. The monoisotopic (exact) mass is 203 g/mol. The van der Waals surface area contributed by atoms with Gasteiger partial charge in [-0.05, 0) is 11.6 Å². The second-order valence-corrected chi connectivity index (χ2v) is 3.14. The van der Waals surface area contributed by atoms with Crippen molar-refractivity contribution in [3.05, 3.63) is 42.5 Å². The number of rotatable bonds is 3. The summed E-state index contributed by atoms with van der Waals surface area (Å²) in [5, 5.41) is 0. The van der Waals surface area contributed by atoms with E-state index >= 15 is 0 Å². The maximum absolute atomic E-state index is 5.69. The Morgan fingerprint density at radius 3 is 2.93 bits per heavy atom. The summed E-state index contributed by atoms with van der Waals surface area (Å²) in [5.74, 6) is 0.802. The van der Waals surface area contributed by atoms with Crippen LogP contribution in [0.2, 0.25) is 0 Å². The number of methoxy groups -OCH3 is 1. The summed E-state index contributed by atoms with van der Waals surface area (Å²) in [6, 6.07) is 5.83. The van der Waals surface area contributed by atoms with E-state index in [0.29, 0.717) is 6.54 Å². The van der Waals surface area contributed by atoms with Crippen molar-refractivity contribution >= 4 is 0 Å². The maximum Gasteiger partial charge on any atom is 0.143 e. The van der Waals surface area contributed by atoms with Gasteiger partial charge >= 0.3 is 0 Å². The van der Waals surface area contributed by atoms with Gasteiger partial charge in [0.05, 0.1) is 19.1 Å². The number of imidazole rings is 1. The lowest BCUT2D eigenvalue weighted by Crippen LogP contribution is -2.05. The maximum atomic E-state index is 5.69. The van der Waals surface area contributed by atoms with E-state index in [0.717, 1.165) is 17.0 Å². The van der Waals surface area contributed by atoms with Crippen molar-refractivity contribution in [3.63, 3.8) is 0 Å². The number of hydrogen-bond acceptors (Lipinski definition) is 3. The molecule has 2 N–H and O–H groups in total. The van der Waals surface area contributed by atoms with Crippen LogP contribution in [0.15, 0.2) is 36.9 Å². The van der Waals surface area contributed by atoms with E-state index in [2.05, 4.69) is 4.98 Å². The largest absolute Gasteiger partial charge is 0.495 e. The molecule has 0 aliphatic carbocycles. The molecular formula is C11H13N3O. The SMILES string of the molecule is COc1cccc(CN)c1-n1ccnc1. The Morgan fingerprint density at radius 1 is 1.47 bits per heavy atom. The molecule has 0 spiro atoms. The number of aromatic nitrogens is 2. The summed E-state index contributed by atoms with van der Waals surface area (Å²) in [6.45, 7) is 0.477. The highest BCUT2D eigenvalue weighted by molar-refractivity contribution is 5.52. The molecule has 0 saturated carbocycles. The van der Waals surface area contributed by atoms with Crippen LogP contribution < -0.4 is 10.5 Å². The molecule has 15 heavy (non-hydrogen) atoms. The van der Waals surface area contributed by atoms with Crippen LogP contribution in [-0.4, -0.2) is 16.7 Å². The summed E-state index contributed by atoms with van der Waals surface area (Å²) < 4.78 is 7.21. The molecule has 4 nitrogen and oxygen atoms in total. The molecule has 0 bridgehead atoms. The summed E-state index contributed by atoms with van der Waals surface area (Å²) >= 11 is 0. The van der Waals surface area contributed by atoms with Gasteiger partial charge in [-0.15, -0.1) is 0 Å². The van der Waals surface area contributed by atoms with Gasteiger partial charge in [-0.1, -0.05) is 12.1 Å². The first-order chi connectivity index (χ1) is 7.36. The fraction of sp³-hybridized carbons (Fsp3) is 0.182. The minimum absolute atomic E-state index is 0.477. The molecule has 0 aliphatic rings. The lowest BCUT2D eigenvalue weighted by molar-refractivity contribution is 0.412. The normalized spacial score (nSPS) is 10.3. The lowest BCUT2D eigenvalue weighted by atomic mass is 10.1. The van der Waals surface area contributed by atoms with Crippen molar-refractivity contribution in [2.45, 2.75) is 6.54 Å². The zero-order valence-electron chi connectivity index (χ0n) is 8.55. The van der Waals surface area contributed by atoms with E-state index in [1.807, 2.05) is 29.0 Å². The third kappa shape index (κ3) is 1.71. The Hall–Kier alpha value is -1.81. The molecular weight excluding hydrogens is 190 g/mol. The molecule has 4 heteroatoms. The molecule has 1 aromatic heterocycles. The number of nitrogens with zero attached hydrogens (tertiary/aromatic N) is 2. The molecule has 0 unspecified atom stereocenters. The van der Waals surface area contributed by atoms with Crippen molar-refractivity contribution in [2.24, 2.45) is 5.73 Å². The van der Waals surface area contributed by atoms with Gasteiger partial charge in [0.1, 0.15) is 5.75 Å². The minimum Gasteiger partial charge on any atom is -0.495 e. The van der Waals surface area contributed by atoms with E-state index in [9.17, 15) is 0 Å². The number of para-hydroxylation sites is 1. The van der Waals surface area contributed by atoms with Crippen molar-refractivity contribution in [1.82, 2.24) is 9.55 Å². The number of ether oxygens (including phenoxy) is 1. The topological polar surface area (TPSA) is 53.1 Å². The first-order valence-electron chi connectivity index (χ1n) is 4.71. The fourth-order valence-electron chi connectivity index (χ4n) is 1.58. The highest BCUT2D eigenvalue weighted by Crippen LogP contribution is 2.25. The molecule has 0 atom stereocenters. The third-order valence-corrected chi connectivity index (χ3v) is 2.28. The molecule has 1 aromatic carbocycles. The standard InChI is InChI=1S/C11H13N3O/c1-15-10-4-2-3-9(7-12)11(10)14-6-5-13-8-14/h2-6,8H,7,12H2,1H3. The van der Waals surface area contributed by atoms with Gasteiger partial charge < -0.3 is 15.0 Å². The van der Waals surface area contributed by atoms with Crippen LogP contribution in [0.5, 0.6) is 5.75 Å². The average molecular weight is 203 g/mol. The molecule has 2 rings (SSSR count). The Morgan fingerprint density at radius 2 is 2.33 bits per heavy atom. The van der Waals surface area contributed by atoms with Crippen molar-refractivity contribution in [2.75, 3.05) is 7.11 Å². The molecule has 1 heterocycles. The number of benzene rings is 1. The van der Waals surface area contributed by atoms with Crippen molar-refractivity contribution in [1.29, 1.82) is 0 Å². The van der Waals surface area contributed by atoms with E-state index in [4.69, 9.17) is 10.5 Å². The molecule has 0 saturated heterocycles. The van der Waals surface area contributed by atoms with Crippen LogP contribution in [0.4, 0.5) is 0 Å². The van der Waals surface area contributed by atoms with E-state index in [-0.39, 0.29) is 0 Å². The van der Waals surface area contributed by atoms with Gasteiger partial charge in [0.2, 0.25) is 0 Å². The van der Waals surface area contributed by atoms with Gasteiger partial charge in [0.25, 0.3) is 0 Å². The zero-order chi connectivity index (χ0) is 10.7. The van der Waals surface area contributed by atoms with Gasteiger partial charge in [-0.3, -0.25) is 0 Å². The Kier molecular flexibility index (Phi) is 2.69. The van der Waals surface area contributed by atoms with Crippen LogP contribution in [0, 0.1) is 0 Å². The molecule has 2 aromatic rings. The lowest BCUT2D eigenvalue weighted by Gasteiger charge is -2.12. The van der Waals surface area contributed by atoms with E-state index in [1.165, 1.54) is 0 Å². The first kappa shape index (κ1) is 9.73. The van der Waals surface area contributed by atoms with Gasteiger partial charge in [0.15, 0.2) is 0 Å². The van der Waals surface area contributed by atoms with Crippen LogP contribution in [-0.2, 0) is 6.54 Å². The summed E-state index contributed by atoms with van der Waals surface area (Å²) in [5.41, 5.74) is 7.68. The second-order valence-electron chi connectivity index (χ2n) is 3.14.